The van der Waals surface area contributed by atoms with E-state index in [9.17, 15) is 18.5 Å². The third-order valence-corrected chi connectivity index (χ3v) is 5.03. The Morgan fingerprint density at radius 1 is 1.26 bits per heavy atom. The van der Waals surface area contributed by atoms with E-state index < -0.39 is 14.0 Å². The molecule has 0 amide bonds. The number of benzene rings is 1. The summed E-state index contributed by atoms with van der Waals surface area (Å²) in [6.45, 7) is 0. The maximum absolute atomic E-state index is 11.5. The number of hydrogen-bond acceptors (Lipinski definition) is 5. The van der Waals surface area contributed by atoms with Gasteiger partial charge in [-0.25, -0.2) is 8.42 Å². The van der Waals surface area contributed by atoms with Gasteiger partial charge in [0.25, 0.3) is 14.7 Å². The number of nitrogens with zero attached hydrogens (tertiary/aromatic N) is 1. The Morgan fingerprint density at radius 2 is 1.89 bits per heavy atom. The van der Waals surface area contributed by atoms with E-state index in [2.05, 4.69) is 0 Å². The highest BCUT2D eigenvalue weighted by Crippen LogP contribution is 2.41. The van der Waals surface area contributed by atoms with Crippen molar-refractivity contribution in [3.63, 3.8) is 0 Å². The van der Waals surface area contributed by atoms with E-state index in [1.54, 1.807) is 6.07 Å². The molecule has 1 aromatic heterocycles. The van der Waals surface area contributed by atoms with Gasteiger partial charge in [-0.2, -0.15) is 0 Å². The largest absolute Gasteiger partial charge is 0.299 e. The summed E-state index contributed by atoms with van der Waals surface area (Å²) in [7, 11) is 1.39. The van der Waals surface area contributed by atoms with Crippen LogP contribution in [0.25, 0.3) is 10.4 Å². The summed E-state index contributed by atoms with van der Waals surface area (Å²) in [5.74, 6) is 0. The van der Waals surface area contributed by atoms with Gasteiger partial charge in [-0.05, 0) is 6.07 Å². The van der Waals surface area contributed by atoms with Crippen LogP contribution >= 0.6 is 33.6 Å². The SMILES string of the molecule is O=[N+]([O-])c1cc(-c2ccccc2S(=O)(=O)Cl)sc1Cl. The predicted octanol–water partition coefficient (Wildman–Crippen LogP) is 3.90. The molecule has 0 aliphatic rings. The van der Waals surface area contributed by atoms with Crippen molar-refractivity contribution in [2.75, 3.05) is 0 Å². The summed E-state index contributed by atoms with van der Waals surface area (Å²) in [4.78, 5) is 10.4. The van der Waals surface area contributed by atoms with Gasteiger partial charge in [0.2, 0.25) is 0 Å². The molecular weight excluding hydrogens is 333 g/mol. The van der Waals surface area contributed by atoms with E-state index in [4.69, 9.17) is 22.3 Å². The first kappa shape index (κ1) is 14.3. The third-order valence-electron chi connectivity index (χ3n) is 2.28. The molecule has 2 aromatic rings. The zero-order valence-electron chi connectivity index (χ0n) is 9.04. The molecule has 0 saturated heterocycles. The summed E-state index contributed by atoms with van der Waals surface area (Å²) < 4.78 is 22.9. The molecule has 0 spiro atoms. The Bertz CT molecular complexity index is 755. The first-order valence-corrected chi connectivity index (χ1v) is 8.29. The summed E-state index contributed by atoms with van der Waals surface area (Å²) >= 11 is 6.68. The Morgan fingerprint density at radius 3 is 2.42 bits per heavy atom. The van der Waals surface area contributed by atoms with Crippen LogP contribution < -0.4 is 0 Å². The van der Waals surface area contributed by atoms with Crippen molar-refractivity contribution in [3.8, 4) is 10.4 Å². The van der Waals surface area contributed by atoms with Gasteiger partial charge in [-0.15, -0.1) is 11.3 Å². The van der Waals surface area contributed by atoms with E-state index >= 15 is 0 Å². The van der Waals surface area contributed by atoms with Gasteiger partial charge < -0.3 is 0 Å². The number of hydrogen-bond donors (Lipinski definition) is 0. The molecule has 1 heterocycles. The van der Waals surface area contributed by atoms with Crippen LogP contribution in [0.2, 0.25) is 4.34 Å². The average molecular weight is 338 g/mol. The molecule has 5 nitrogen and oxygen atoms in total. The van der Waals surface area contributed by atoms with Crippen LogP contribution in [0.4, 0.5) is 5.69 Å². The van der Waals surface area contributed by atoms with E-state index in [-0.39, 0.29) is 20.5 Å². The fraction of sp³-hybridized carbons (Fsp3) is 0. The van der Waals surface area contributed by atoms with Gasteiger partial charge in [0.15, 0.2) is 4.34 Å². The highest BCUT2D eigenvalue weighted by molar-refractivity contribution is 8.13. The van der Waals surface area contributed by atoms with Gasteiger partial charge in [0.05, 0.1) is 9.82 Å². The van der Waals surface area contributed by atoms with E-state index in [0.717, 1.165) is 11.3 Å². The van der Waals surface area contributed by atoms with Gasteiger partial charge in [0, 0.05) is 27.2 Å². The Balaban J connectivity index is 2.67. The summed E-state index contributed by atoms with van der Waals surface area (Å²) in [6.07, 6.45) is 0. The van der Waals surface area contributed by atoms with Crippen molar-refractivity contribution in [2.45, 2.75) is 4.90 Å². The molecule has 0 atom stereocenters. The summed E-state index contributed by atoms with van der Waals surface area (Å²) in [5.41, 5.74) is 0.0286. The highest BCUT2D eigenvalue weighted by Gasteiger charge is 2.22. The molecule has 0 radical (unpaired) electrons. The Hall–Kier alpha value is -1.15. The van der Waals surface area contributed by atoms with Crippen molar-refractivity contribution < 1.29 is 13.3 Å². The molecule has 100 valence electrons. The number of nitro groups is 1. The lowest BCUT2D eigenvalue weighted by molar-refractivity contribution is -0.384. The summed E-state index contributed by atoms with van der Waals surface area (Å²) in [6, 6.07) is 7.20. The minimum Gasteiger partial charge on any atom is -0.258 e. The first-order chi connectivity index (χ1) is 8.80. The molecule has 0 fully saturated rings. The summed E-state index contributed by atoms with van der Waals surface area (Å²) in [5, 5.41) is 10.7. The van der Waals surface area contributed by atoms with Crippen LogP contribution in [0.3, 0.4) is 0 Å². The second kappa shape index (κ2) is 5.09. The van der Waals surface area contributed by atoms with Crippen molar-refractivity contribution in [1.82, 2.24) is 0 Å². The van der Waals surface area contributed by atoms with Gasteiger partial charge >= 0.3 is 0 Å². The monoisotopic (exact) mass is 337 g/mol. The van der Waals surface area contributed by atoms with Crippen LogP contribution in [0.1, 0.15) is 0 Å². The molecule has 19 heavy (non-hydrogen) atoms. The fourth-order valence-corrected chi connectivity index (χ4v) is 3.91. The van der Waals surface area contributed by atoms with Gasteiger partial charge in [0.1, 0.15) is 0 Å². The molecule has 0 N–H and O–H groups in total. The van der Waals surface area contributed by atoms with Crippen molar-refractivity contribution in [3.05, 3.63) is 44.8 Å². The van der Waals surface area contributed by atoms with Gasteiger partial charge in [-0.1, -0.05) is 29.8 Å². The number of halogens is 2. The fourth-order valence-electron chi connectivity index (χ4n) is 1.50. The minimum atomic E-state index is -3.94. The van der Waals surface area contributed by atoms with Crippen molar-refractivity contribution in [2.24, 2.45) is 0 Å². The predicted molar refractivity (Wildman–Crippen MR) is 74.5 cm³/mol. The van der Waals surface area contributed by atoms with Crippen LogP contribution in [-0.2, 0) is 9.05 Å². The van der Waals surface area contributed by atoms with Crippen LogP contribution in [-0.4, -0.2) is 13.3 Å². The van der Waals surface area contributed by atoms with E-state index in [1.807, 2.05) is 0 Å². The first-order valence-electron chi connectivity index (χ1n) is 4.78. The smallest absolute Gasteiger partial charge is 0.258 e. The molecule has 0 aliphatic carbocycles. The number of rotatable bonds is 3. The molecular formula is C10H5Cl2NO4S2. The highest BCUT2D eigenvalue weighted by atomic mass is 35.7. The lowest BCUT2D eigenvalue weighted by atomic mass is 10.2. The van der Waals surface area contributed by atoms with Crippen LogP contribution in [0.15, 0.2) is 35.2 Å². The molecule has 0 saturated carbocycles. The lowest BCUT2D eigenvalue weighted by Gasteiger charge is -2.03. The van der Waals surface area contributed by atoms with Crippen molar-refractivity contribution in [1.29, 1.82) is 0 Å². The Labute approximate surface area is 122 Å². The number of thiophene rings is 1. The maximum atomic E-state index is 11.5. The van der Waals surface area contributed by atoms with Crippen molar-refractivity contribution >= 4 is 48.4 Å². The standard InChI is InChI=1S/C10H5Cl2NO4S2/c11-10-7(13(14)15)5-8(18-10)6-3-1-2-4-9(6)19(12,16)17/h1-5H. The maximum Gasteiger partial charge on any atom is 0.299 e. The zero-order chi connectivity index (χ0) is 14.2. The molecule has 9 heteroatoms. The normalized spacial score (nSPS) is 11.5. The van der Waals surface area contributed by atoms with Gasteiger partial charge in [-0.3, -0.25) is 10.1 Å². The minimum absolute atomic E-state index is 0.0122. The topological polar surface area (TPSA) is 77.3 Å². The van der Waals surface area contributed by atoms with E-state index in [0.29, 0.717) is 4.88 Å². The van der Waals surface area contributed by atoms with Crippen LogP contribution in [0.5, 0.6) is 0 Å². The molecule has 0 bridgehead atoms. The zero-order valence-corrected chi connectivity index (χ0v) is 12.2. The van der Waals surface area contributed by atoms with E-state index in [1.165, 1.54) is 24.3 Å². The molecule has 1 aromatic carbocycles. The molecule has 2 rings (SSSR count). The molecule has 0 aliphatic heterocycles. The second-order valence-corrected chi connectivity index (χ2v) is 7.65. The quantitative estimate of drug-likeness (QED) is 0.483. The lowest BCUT2D eigenvalue weighted by Crippen LogP contribution is -1.93. The molecule has 0 unspecified atom stereocenters. The van der Waals surface area contributed by atoms with Crippen LogP contribution in [0, 0.1) is 10.1 Å². The third kappa shape index (κ3) is 2.89. The Kier molecular flexibility index (Phi) is 3.82. The second-order valence-electron chi connectivity index (χ2n) is 3.46. The average Bonchev–Trinajstić information content (AvgIpc) is 2.70.